The minimum atomic E-state index is -1.10. The van der Waals surface area contributed by atoms with E-state index >= 15 is 8.78 Å². The summed E-state index contributed by atoms with van der Waals surface area (Å²) in [6.07, 6.45) is 0. The van der Waals surface area contributed by atoms with Crippen molar-refractivity contribution < 1.29 is 8.78 Å². The third-order valence-corrected chi connectivity index (χ3v) is 20.7. The molecule has 0 amide bonds. The molecule has 4 nitrogen and oxygen atoms in total. The highest BCUT2D eigenvalue weighted by Crippen LogP contribution is 2.58. The molecule has 0 saturated carbocycles. The zero-order chi connectivity index (χ0) is 66.1. The Balaban J connectivity index is 1.32. The normalized spacial score (nSPS) is 13.2. The summed E-state index contributed by atoms with van der Waals surface area (Å²) in [5.41, 5.74) is 15.2. The van der Waals surface area contributed by atoms with E-state index in [0.29, 0.717) is 27.9 Å². The van der Waals surface area contributed by atoms with Crippen LogP contribution < -0.4 is 0 Å². The van der Waals surface area contributed by atoms with E-state index in [0.717, 1.165) is 104 Å². The number of para-hydroxylation sites is 4. The van der Waals surface area contributed by atoms with Crippen LogP contribution in [0.5, 0.6) is 0 Å². The van der Waals surface area contributed by atoms with Crippen molar-refractivity contribution in [1.29, 1.82) is 0 Å². The molecule has 0 fully saturated rings. The summed E-state index contributed by atoms with van der Waals surface area (Å²) in [4.78, 5) is 0. The van der Waals surface area contributed by atoms with Gasteiger partial charge in [0.2, 0.25) is 0 Å². The van der Waals surface area contributed by atoms with Crippen molar-refractivity contribution in [2.45, 2.75) is 144 Å². The summed E-state index contributed by atoms with van der Waals surface area (Å²) >= 11 is 0. The van der Waals surface area contributed by atoms with Gasteiger partial charge in [-0.1, -0.05) is 217 Å². The highest BCUT2D eigenvalue weighted by atomic mass is 19.1. The van der Waals surface area contributed by atoms with E-state index in [9.17, 15) is 0 Å². The lowest BCUT2D eigenvalue weighted by Gasteiger charge is -2.42. The molecule has 0 bridgehead atoms. The summed E-state index contributed by atoms with van der Waals surface area (Å²) in [5.74, 6) is -0.777. The second-order valence-electron chi connectivity index (χ2n) is 31.6. The van der Waals surface area contributed by atoms with Gasteiger partial charge in [0.15, 0.2) is 0 Å². The molecule has 0 unspecified atom stereocenters. The maximum absolute atomic E-state index is 19.0. The van der Waals surface area contributed by atoms with Gasteiger partial charge in [0.25, 0.3) is 0 Å². The van der Waals surface area contributed by atoms with Crippen molar-refractivity contribution in [2.24, 2.45) is 0 Å². The maximum atomic E-state index is 19.0. The van der Waals surface area contributed by atoms with E-state index in [1.54, 1.807) is 24.3 Å². The fraction of sp³-hybridized carbons (Fsp3) is 0.250. The van der Waals surface area contributed by atoms with Crippen LogP contribution in [0.4, 0.5) is 8.78 Å². The Labute approximate surface area is 551 Å². The van der Waals surface area contributed by atoms with Gasteiger partial charge < -0.3 is 18.3 Å². The molecule has 0 aliphatic rings. The summed E-state index contributed by atoms with van der Waals surface area (Å²) in [6.45, 7) is 36.7. The number of aromatic nitrogens is 4. The number of halogens is 2. The lowest BCUT2D eigenvalue weighted by molar-refractivity contribution is 0.447. The fourth-order valence-electron chi connectivity index (χ4n) is 15.9. The van der Waals surface area contributed by atoms with Crippen molar-refractivity contribution >= 4 is 87.2 Å². The standard InChI is InChI=1S/C88H84F2N4/c1-83(2,3)53-41-45-69-63(49-53)64-50-54(84(4,5)6)42-46-70(64)91(69)81-77(61-33-17-23-35-67(61)89)79(87(13,14)93-73-37-25-19-29-57(73)58-30-20-26-38-74(58)93)82(92-71-47-43-55(85(7,8)9)51-65(71)66-52-56(86(10,11)12)44-48-72(66)92)80(78(81)62-34-18-24-36-68(62)90)88(15,16)94-75-39-27-21-31-59(75)60-32-22-28-40-76(60)94/h17-52H,1-16H3. The van der Waals surface area contributed by atoms with Gasteiger partial charge in [0.05, 0.1) is 44.5 Å². The Morgan fingerprint density at radius 3 is 0.755 bits per heavy atom. The van der Waals surface area contributed by atoms with Crippen molar-refractivity contribution in [2.75, 3.05) is 0 Å². The van der Waals surface area contributed by atoms with Crippen LogP contribution in [0.15, 0.2) is 218 Å². The van der Waals surface area contributed by atoms with E-state index in [1.807, 2.05) is 24.3 Å². The smallest absolute Gasteiger partial charge is 0.131 e. The summed E-state index contributed by atoms with van der Waals surface area (Å²) in [7, 11) is 0. The molecule has 0 N–H and O–H groups in total. The van der Waals surface area contributed by atoms with Crippen LogP contribution in [0.2, 0.25) is 0 Å². The molecular weight excluding hydrogens is 1150 g/mol. The van der Waals surface area contributed by atoms with Crippen molar-refractivity contribution in [3.8, 4) is 33.6 Å². The second-order valence-corrected chi connectivity index (χ2v) is 31.6. The Hall–Kier alpha value is -9.52. The first-order chi connectivity index (χ1) is 44.6. The molecule has 15 rings (SSSR count). The minimum absolute atomic E-state index is 0.196. The average Bonchev–Trinajstić information content (AvgIpc) is 1.39. The molecule has 0 spiro atoms. The molecule has 6 heteroatoms. The molecule has 0 saturated heterocycles. The van der Waals surface area contributed by atoms with Crippen molar-refractivity contribution in [3.63, 3.8) is 0 Å². The Bertz CT molecular complexity index is 5180. The number of hydrogen-bond donors (Lipinski definition) is 0. The lowest BCUT2D eigenvalue weighted by atomic mass is 9.74. The molecule has 4 aromatic heterocycles. The zero-order valence-electron chi connectivity index (χ0n) is 57.3. The molecule has 4 heterocycles. The summed E-state index contributed by atoms with van der Waals surface area (Å²) < 4.78 is 48.0. The van der Waals surface area contributed by atoms with Crippen LogP contribution in [0.3, 0.4) is 0 Å². The number of benzene rings is 11. The molecule has 15 aromatic rings. The van der Waals surface area contributed by atoms with Crippen LogP contribution in [0, 0.1) is 11.6 Å². The summed E-state index contributed by atoms with van der Waals surface area (Å²) in [6, 6.07) is 77.6. The Morgan fingerprint density at radius 2 is 0.489 bits per heavy atom. The van der Waals surface area contributed by atoms with Gasteiger partial charge in [-0.05, 0) is 157 Å². The van der Waals surface area contributed by atoms with Crippen LogP contribution in [-0.4, -0.2) is 18.3 Å². The molecule has 0 atom stereocenters. The molecule has 0 radical (unpaired) electrons. The third-order valence-electron chi connectivity index (χ3n) is 20.7. The van der Waals surface area contributed by atoms with Gasteiger partial charge in [-0.3, -0.25) is 0 Å². The first kappa shape index (κ1) is 60.7. The first-order valence-electron chi connectivity index (χ1n) is 33.5. The second kappa shape index (κ2) is 21.0. The SMILES string of the molecule is CC(C)(C)c1ccc2c(c1)c1cc(C(C)(C)C)ccc1n2-c1c(-c2ccccc2F)c(C(C)(C)n2c3ccccc3c3ccccc32)c(-n2c3ccc(C(C)(C)C)cc3c3cc(C(C)(C)C)ccc32)c(C(C)(C)n2c3ccccc3c3ccccc32)c1-c1ccccc1F. The Morgan fingerprint density at radius 1 is 0.245 bits per heavy atom. The lowest BCUT2D eigenvalue weighted by Crippen LogP contribution is -2.36. The predicted molar refractivity (Wildman–Crippen MR) is 396 cm³/mol. The van der Waals surface area contributed by atoms with Crippen LogP contribution in [0.1, 0.15) is 144 Å². The maximum Gasteiger partial charge on any atom is 0.131 e. The van der Waals surface area contributed by atoms with Crippen LogP contribution in [-0.2, 0) is 32.7 Å². The molecular formula is C88H84F2N4. The molecule has 94 heavy (non-hydrogen) atoms. The number of hydrogen-bond acceptors (Lipinski definition) is 0. The van der Waals surface area contributed by atoms with E-state index in [1.165, 1.54) is 22.3 Å². The van der Waals surface area contributed by atoms with Gasteiger partial charge in [-0.25, -0.2) is 8.78 Å². The zero-order valence-corrected chi connectivity index (χ0v) is 57.3. The van der Waals surface area contributed by atoms with E-state index < -0.39 is 11.1 Å². The van der Waals surface area contributed by atoms with Gasteiger partial charge in [0.1, 0.15) is 11.6 Å². The minimum Gasteiger partial charge on any atom is -0.331 e. The highest BCUT2D eigenvalue weighted by Gasteiger charge is 2.45. The third kappa shape index (κ3) is 9.16. The summed E-state index contributed by atoms with van der Waals surface area (Å²) in [5, 5.41) is 8.79. The van der Waals surface area contributed by atoms with Crippen molar-refractivity contribution in [3.05, 3.63) is 263 Å². The fourth-order valence-corrected chi connectivity index (χ4v) is 15.9. The largest absolute Gasteiger partial charge is 0.331 e. The average molecular weight is 1240 g/mol. The van der Waals surface area contributed by atoms with Crippen LogP contribution >= 0.6 is 0 Å². The molecule has 0 aliphatic carbocycles. The number of nitrogens with zero attached hydrogens (tertiary/aromatic N) is 4. The highest BCUT2D eigenvalue weighted by molar-refractivity contribution is 6.15. The Kier molecular flexibility index (Phi) is 13.6. The van der Waals surface area contributed by atoms with Gasteiger partial charge in [-0.15, -0.1) is 0 Å². The molecule has 0 aliphatic heterocycles. The topological polar surface area (TPSA) is 19.7 Å². The van der Waals surface area contributed by atoms with Crippen molar-refractivity contribution in [1.82, 2.24) is 18.3 Å². The monoisotopic (exact) mass is 1230 g/mol. The van der Waals surface area contributed by atoms with E-state index in [-0.39, 0.29) is 33.3 Å². The van der Waals surface area contributed by atoms with Gasteiger partial charge in [-0.2, -0.15) is 0 Å². The molecule has 470 valence electrons. The first-order valence-corrected chi connectivity index (χ1v) is 33.5. The number of fused-ring (bicyclic) bond motifs is 12. The quantitative estimate of drug-likeness (QED) is 0.144. The van der Waals surface area contributed by atoms with Gasteiger partial charge >= 0.3 is 0 Å². The number of rotatable bonds is 8. The predicted octanol–water partition coefficient (Wildman–Crippen LogP) is 24.5. The van der Waals surface area contributed by atoms with Crippen LogP contribution in [0.25, 0.3) is 121 Å². The van der Waals surface area contributed by atoms with E-state index in [4.69, 9.17) is 0 Å². The van der Waals surface area contributed by atoms with Gasteiger partial charge in [0, 0.05) is 98.5 Å². The van der Waals surface area contributed by atoms with E-state index in [2.05, 4.69) is 299 Å². The molecule has 11 aromatic carbocycles.